The van der Waals surface area contributed by atoms with Crippen molar-refractivity contribution in [3.8, 4) is 0 Å². The van der Waals surface area contributed by atoms with E-state index in [2.05, 4.69) is 20.8 Å². The van der Waals surface area contributed by atoms with Crippen molar-refractivity contribution < 1.29 is 4.74 Å². The maximum atomic E-state index is 5.94. The van der Waals surface area contributed by atoms with Crippen molar-refractivity contribution in [2.45, 2.75) is 64.6 Å². The second kappa shape index (κ2) is 3.57. The Balaban J connectivity index is 2.33. The molecule has 0 aromatic carbocycles. The van der Waals surface area contributed by atoms with Crippen LogP contribution in [0.15, 0.2) is 0 Å². The Morgan fingerprint density at radius 1 is 1.45 bits per heavy atom. The molecule has 0 spiro atoms. The van der Waals surface area contributed by atoms with Gasteiger partial charge in [0.1, 0.15) is 0 Å². The molecule has 2 unspecified atom stereocenters. The Morgan fingerprint density at radius 3 is 2.64 bits per heavy atom. The number of hydrogen-bond donors (Lipinski definition) is 0. The molecule has 0 aromatic rings. The monoisotopic (exact) mass is 156 g/mol. The lowest BCUT2D eigenvalue weighted by Crippen LogP contribution is -2.23. The van der Waals surface area contributed by atoms with Gasteiger partial charge in [0, 0.05) is 0 Å². The molecule has 1 saturated heterocycles. The highest BCUT2D eigenvalue weighted by Gasteiger charge is 2.33. The minimum absolute atomic E-state index is 0.208. The molecular weight excluding hydrogens is 136 g/mol. The quantitative estimate of drug-likeness (QED) is 0.610. The molecule has 1 heteroatoms. The Hall–Kier alpha value is -0.0400. The van der Waals surface area contributed by atoms with Crippen LogP contribution in [0.2, 0.25) is 0 Å². The molecule has 1 fully saturated rings. The second-order valence-electron chi connectivity index (χ2n) is 3.87. The van der Waals surface area contributed by atoms with Crippen molar-refractivity contribution in [1.29, 1.82) is 0 Å². The van der Waals surface area contributed by atoms with E-state index in [-0.39, 0.29) is 5.60 Å². The third kappa shape index (κ3) is 2.19. The summed E-state index contributed by atoms with van der Waals surface area (Å²) in [6, 6.07) is 0. The Kier molecular flexibility index (Phi) is 2.94. The molecule has 1 aliphatic heterocycles. The maximum absolute atomic E-state index is 5.94. The van der Waals surface area contributed by atoms with Gasteiger partial charge in [-0.3, -0.25) is 0 Å². The summed E-state index contributed by atoms with van der Waals surface area (Å²) in [4.78, 5) is 0. The molecule has 0 saturated carbocycles. The SMILES string of the molecule is CCCC1CCC(C)(CC)O1. The Morgan fingerprint density at radius 2 is 2.18 bits per heavy atom. The largest absolute Gasteiger partial charge is 0.372 e. The van der Waals surface area contributed by atoms with Crippen LogP contribution in [0.5, 0.6) is 0 Å². The average molecular weight is 156 g/mol. The number of ether oxygens (including phenoxy) is 1. The minimum atomic E-state index is 0.208. The van der Waals surface area contributed by atoms with Gasteiger partial charge in [-0.1, -0.05) is 20.3 Å². The van der Waals surface area contributed by atoms with Crippen LogP contribution in [0.3, 0.4) is 0 Å². The summed E-state index contributed by atoms with van der Waals surface area (Å²) in [5, 5.41) is 0. The molecule has 1 aliphatic rings. The van der Waals surface area contributed by atoms with E-state index < -0.39 is 0 Å². The molecular formula is C10H20O. The van der Waals surface area contributed by atoms with Crippen LogP contribution in [-0.4, -0.2) is 11.7 Å². The molecule has 1 nitrogen and oxygen atoms in total. The lowest BCUT2D eigenvalue weighted by Gasteiger charge is -2.22. The fourth-order valence-corrected chi connectivity index (χ4v) is 1.77. The lowest BCUT2D eigenvalue weighted by atomic mass is 9.99. The first-order valence-corrected chi connectivity index (χ1v) is 4.88. The Bertz CT molecular complexity index is 122. The van der Waals surface area contributed by atoms with Gasteiger partial charge in [0.2, 0.25) is 0 Å². The smallest absolute Gasteiger partial charge is 0.0656 e. The first-order valence-electron chi connectivity index (χ1n) is 4.88. The Labute approximate surface area is 70.1 Å². The van der Waals surface area contributed by atoms with E-state index in [9.17, 15) is 0 Å². The minimum Gasteiger partial charge on any atom is -0.372 e. The van der Waals surface area contributed by atoms with E-state index in [1.807, 2.05) is 0 Å². The maximum Gasteiger partial charge on any atom is 0.0656 e. The molecule has 1 rings (SSSR count). The van der Waals surface area contributed by atoms with Crippen molar-refractivity contribution in [2.75, 3.05) is 0 Å². The first-order chi connectivity index (χ1) is 5.20. The predicted molar refractivity (Wildman–Crippen MR) is 47.7 cm³/mol. The summed E-state index contributed by atoms with van der Waals surface area (Å²) < 4.78 is 5.94. The van der Waals surface area contributed by atoms with Gasteiger partial charge in [-0.05, 0) is 32.6 Å². The van der Waals surface area contributed by atoms with Crippen molar-refractivity contribution >= 4 is 0 Å². The zero-order chi connectivity index (χ0) is 8.32. The second-order valence-corrected chi connectivity index (χ2v) is 3.87. The van der Waals surface area contributed by atoms with E-state index in [1.54, 1.807) is 0 Å². The van der Waals surface area contributed by atoms with E-state index in [4.69, 9.17) is 4.74 Å². The first kappa shape index (κ1) is 9.05. The van der Waals surface area contributed by atoms with Crippen LogP contribution in [0.1, 0.15) is 52.9 Å². The predicted octanol–water partition coefficient (Wildman–Crippen LogP) is 3.13. The molecule has 11 heavy (non-hydrogen) atoms. The molecule has 2 atom stereocenters. The molecule has 0 radical (unpaired) electrons. The normalized spacial score (nSPS) is 37.9. The molecule has 66 valence electrons. The van der Waals surface area contributed by atoms with Crippen molar-refractivity contribution in [3.05, 3.63) is 0 Å². The summed E-state index contributed by atoms with van der Waals surface area (Å²) >= 11 is 0. The van der Waals surface area contributed by atoms with Crippen LogP contribution in [0.4, 0.5) is 0 Å². The molecule has 0 aliphatic carbocycles. The number of hydrogen-bond acceptors (Lipinski definition) is 1. The zero-order valence-corrected chi connectivity index (χ0v) is 8.02. The van der Waals surface area contributed by atoms with E-state index in [0.717, 1.165) is 6.42 Å². The molecule has 0 aromatic heterocycles. The summed E-state index contributed by atoms with van der Waals surface area (Å²) in [5.74, 6) is 0. The van der Waals surface area contributed by atoms with E-state index in [1.165, 1.54) is 25.7 Å². The zero-order valence-electron chi connectivity index (χ0n) is 8.02. The van der Waals surface area contributed by atoms with Crippen LogP contribution in [0.25, 0.3) is 0 Å². The van der Waals surface area contributed by atoms with Crippen LogP contribution >= 0.6 is 0 Å². The van der Waals surface area contributed by atoms with Gasteiger partial charge in [0.05, 0.1) is 11.7 Å². The number of rotatable bonds is 3. The van der Waals surface area contributed by atoms with Gasteiger partial charge in [-0.15, -0.1) is 0 Å². The molecule has 1 heterocycles. The van der Waals surface area contributed by atoms with Crippen molar-refractivity contribution in [2.24, 2.45) is 0 Å². The lowest BCUT2D eigenvalue weighted by molar-refractivity contribution is -0.0334. The fraction of sp³-hybridized carbons (Fsp3) is 1.00. The third-order valence-corrected chi connectivity index (χ3v) is 2.80. The van der Waals surface area contributed by atoms with Gasteiger partial charge < -0.3 is 4.74 Å². The molecule has 0 N–H and O–H groups in total. The highest BCUT2D eigenvalue weighted by molar-refractivity contribution is 4.83. The van der Waals surface area contributed by atoms with Gasteiger partial charge in [0.25, 0.3) is 0 Å². The average Bonchev–Trinajstić information content (AvgIpc) is 2.35. The molecule has 0 amide bonds. The van der Waals surface area contributed by atoms with Gasteiger partial charge in [0.15, 0.2) is 0 Å². The fourth-order valence-electron chi connectivity index (χ4n) is 1.77. The highest BCUT2D eigenvalue weighted by atomic mass is 16.5. The highest BCUT2D eigenvalue weighted by Crippen LogP contribution is 2.34. The summed E-state index contributed by atoms with van der Waals surface area (Å²) in [6.45, 7) is 6.68. The van der Waals surface area contributed by atoms with Gasteiger partial charge >= 0.3 is 0 Å². The van der Waals surface area contributed by atoms with Gasteiger partial charge in [-0.2, -0.15) is 0 Å². The van der Waals surface area contributed by atoms with Crippen LogP contribution in [0, 0.1) is 0 Å². The topological polar surface area (TPSA) is 9.23 Å². The van der Waals surface area contributed by atoms with Crippen LogP contribution in [-0.2, 0) is 4.74 Å². The van der Waals surface area contributed by atoms with E-state index >= 15 is 0 Å². The molecule has 0 bridgehead atoms. The van der Waals surface area contributed by atoms with E-state index in [0.29, 0.717) is 6.10 Å². The summed E-state index contributed by atoms with van der Waals surface area (Å²) in [7, 11) is 0. The van der Waals surface area contributed by atoms with Gasteiger partial charge in [-0.25, -0.2) is 0 Å². The standard InChI is InChI=1S/C10H20O/c1-4-6-9-7-8-10(3,5-2)11-9/h9H,4-8H2,1-3H3. The third-order valence-electron chi connectivity index (χ3n) is 2.80. The summed E-state index contributed by atoms with van der Waals surface area (Å²) in [5.41, 5.74) is 0.208. The van der Waals surface area contributed by atoms with Crippen molar-refractivity contribution in [3.63, 3.8) is 0 Å². The van der Waals surface area contributed by atoms with Crippen molar-refractivity contribution in [1.82, 2.24) is 0 Å². The summed E-state index contributed by atoms with van der Waals surface area (Å²) in [6.07, 6.45) is 6.75. The van der Waals surface area contributed by atoms with Crippen LogP contribution < -0.4 is 0 Å².